The van der Waals surface area contributed by atoms with Gasteiger partial charge in [0.25, 0.3) is 11.8 Å². The van der Waals surface area contributed by atoms with Crippen molar-refractivity contribution < 1.29 is 9.59 Å². The molecule has 194 valence electrons. The molecule has 0 aromatic heterocycles. The minimum Gasteiger partial charge on any atom is -0.355 e. The maximum Gasteiger partial charge on any atom is 0.251 e. The van der Waals surface area contributed by atoms with Crippen molar-refractivity contribution >= 4 is 11.8 Å². The van der Waals surface area contributed by atoms with Crippen LogP contribution in [-0.2, 0) is 12.8 Å². The molecule has 4 rings (SSSR count). The van der Waals surface area contributed by atoms with E-state index in [1.54, 1.807) is 7.05 Å². The molecule has 1 aliphatic rings. The zero-order valence-electron chi connectivity index (χ0n) is 22.1. The molecule has 3 aromatic rings. The Morgan fingerprint density at radius 3 is 2.30 bits per heavy atom. The molecule has 0 fully saturated rings. The van der Waals surface area contributed by atoms with E-state index in [4.69, 9.17) is 0 Å². The summed E-state index contributed by atoms with van der Waals surface area (Å²) in [7, 11) is 1.68. The molecule has 1 aliphatic carbocycles. The van der Waals surface area contributed by atoms with Crippen LogP contribution >= 0.6 is 0 Å². The van der Waals surface area contributed by atoms with Crippen molar-refractivity contribution in [3.8, 4) is 11.1 Å². The third-order valence-electron chi connectivity index (χ3n) is 7.34. The van der Waals surface area contributed by atoms with E-state index in [9.17, 15) is 9.59 Å². The molecule has 37 heavy (non-hydrogen) atoms. The summed E-state index contributed by atoms with van der Waals surface area (Å²) < 4.78 is 0. The minimum absolute atomic E-state index is 0.0131. The van der Waals surface area contributed by atoms with E-state index in [2.05, 4.69) is 46.7 Å². The van der Waals surface area contributed by atoms with Crippen LogP contribution in [0, 0.1) is 0 Å². The second kappa shape index (κ2) is 13.2. The van der Waals surface area contributed by atoms with Gasteiger partial charge in [-0.2, -0.15) is 0 Å². The molecule has 5 heteroatoms. The van der Waals surface area contributed by atoms with Gasteiger partial charge in [-0.15, -0.1) is 0 Å². The fourth-order valence-electron chi connectivity index (χ4n) is 5.29. The van der Waals surface area contributed by atoms with E-state index in [0.29, 0.717) is 18.2 Å². The van der Waals surface area contributed by atoms with Crippen LogP contribution in [0.5, 0.6) is 0 Å². The average Bonchev–Trinajstić information content (AvgIpc) is 2.95. The first-order valence-corrected chi connectivity index (χ1v) is 13.6. The first-order chi connectivity index (χ1) is 18.1. The van der Waals surface area contributed by atoms with Crippen LogP contribution in [0.2, 0.25) is 0 Å². The smallest absolute Gasteiger partial charge is 0.251 e. The quantitative estimate of drug-likeness (QED) is 0.344. The number of aryl methyl sites for hydroxylation is 1. The number of carbonyl (C=O) groups is 2. The number of unbranched alkanes of at least 4 members (excludes halogenated alkanes) is 1. The Labute approximate surface area is 221 Å². The highest BCUT2D eigenvalue weighted by molar-refractivity contribution is 5.95. The zero-order chi connectivity index (χ0) is 26.0. The Kier molecular flexibility index (Phi) is 9.50. The summed E-state index contributed by atoms with van der Waals surface area (Å²) in [5, 5.41) is 5.81. The fourth-order valence-corrected chi connectivity index (χ4v) is 5.29. The molecule has 0 aliphatic heterocycles. The summed E-state index contributed by atoms with van der Waals surface area (Å²) in [6, 6.07) is 24.7. The fraction of sp³-hybridized carbons (Fsp3) is 0.375. The summed E-state index contributed by atoms with van der Waals surface area (Å²) in [4.78, 5) is 27.3. The summed E-state index contributed by atoms with van der Waals surface area (Å²) >= 11 is 0. The van der Waals surface area contributed by atoms with Crippen LogP contribution in [0.25, 0.3) is 11.1 Å². The Morgan fingerprint density at radius 1 is 0.838 bits per heavy atom. The second-order valence-corrected chi connectivity index (χ2v) is 9.90. The molecule has 1 atom stereocenters. The molecule has 0 heterocycles. The number of nitrogens with zero attached hydrogens (tertiary/aromatic N) is 1. The van der Waals surface area contributed by atoms with Crippen LogP contribution in [0.4, 0.5) is 0 Å². The van der Waals surface area contributed by atoms with Gasteiger partial charge in [-0.25, -0.2) is 0 Å². The summed E-state index contributed by atoms with van der Waals surface area (Å²) in [5.41, 5.74) is 6.39. The van der Waals surface area contributed by atoms with Crippen molar-refractivity contribution in [3.63, 3.8) is 0 Å². The van der Waals surface area contributed by atoms with Gasteiger partial charge in [-0.3, -0.25) is 9.59 Å². The van der Waals surface area contributed by atoms with Crippen molar-refractivity contribution in [3.05, 3.63) is 95.1 Å². The van der Waals surface area contributed by atoms with Gasteiger partial charge < -0.3 is 15.5 Å². The highest BCUT2D eigenvalue weighted by atomic mass is 16.2. The SMILES string of the molecule is CCCN(CCCCNC(=O)c1ccc(-c2ccccc2)cc1)[C@H]1CCc2ccc(C(=O)NC)cc2C1. The summed E-state index contributed by atoms with van der Waals surface area (Å²) in [6.07, 6.45) is 6.34. The van der Waals surface area contributed by atoms with Gasteiger partial charge in [0.05, 0.1) is 0 Å². The van der Waals surface area contributed by atoms with E-state index in [1.165, 1.54) is 11.1 Å². The molecule has 0 saturated carbocycles. The van der Waals surface area contributed by atoms with Crippen LogP contribution in [0.1, 0.15) is 64.4 Å². The maximum atomic E-state index is 12.6. The number of hydrogen-bond acceptors (Lipinski definition) is 3. The van der Waals surface area contributed by atoms with Crippen molar-refractivity contribution in [2.45, 2.75) is 51.5 Å². The first-order valence-electron chi connectivity index (χ1n) is 13.6. The van der Waals surface area contributed by atoms with E-state index >= 15 is 0 Å². The van der Waals surface area contributed by atoms with Gasteiger partial charge in [-0.05, 0) is 98.1 Å². The number of benzene rings is 3. The van der Waals surface area contributed by atoms with Gasteiger partial charge in [0, 0.05) is 30.8 Å². The molecular weight excluding hydrogens is 458 g/mol. The van der Waals surface area contributed by atoms with Crippen molar-refractivity contribution in [1.29, 1.82) is 0 Å². The number of fused-ring (bicyclic) bond motifs is 1. The maximum absolute atomic E-state index is 12.6. The van der Waals surface area contributed by atoms with Crippen LogP contribution < -0.4 is 10.6 Å². The van der Waals surface area contributed by atoms with Crippen LogP contribution in [0.3, 0.4) is 0 Å². The number of hydrogen-bond donors (Lipinski definition) is 2. The van der Waals surface area contributed by atoms with Gasteiger partial charge in [0.2, 0.25) is 0 Å². The molecule has 0 radical (unpaired) electrons. The Balaban J connectivity index is 1.24. The minimum atomic E-state index is -0.0236. The predicted molar refractivity (Wildman–Crippen MR) is 151 cm³/mol. The molecule has 2 amide bonds. The van der Waals surface area contributed by atoms with Gasteiger partial charge >= 0.3 is 0 Å². The lowest BCUT2D eigenvalue weighted by atomic mass is 9.86. The van der Waals surface area contributed by atoms with Crippen LogP contribution in [-0.4, -0.2) is 49.4 Å². The molecule has 0 bridgehead atoms. The first kappa shape index (κ1) is 26.6. The van der Waals surface area contributed by atoms with Crippen LogP contribution in [0.15, 0.2) is 72.8 Å². The number of nitrogens with one attached hydrogen (secondary N) is 2. The molecule has 0 spiro atoms. The van der Waals surface area contributed by atoms with E-state index < -0.39 is 0 Å². The number of carbonyl (C=O) groups excluding carboxylic acids is 2. The largest absolute Gasteiger partial charge is 0.355 e. The number of amides is 2. The summed E-state index contributed by atoms with van der Waals surface area (Å²) in [5.74, 6) is -0.0367. The highest BCUT2D eigenvalue weighted by Gasteiger charge is 2.24. The highest BCUT2D eigenvalue weighted by Crippen LogP contribution is 2.26. The monoisotopic (exact) mass is 497 g/mol. The summed E-state index contributed by atoms with van der Waals surface area (Å²) in [6.45, 7) is 5.03. The number of rotatable bonds is 11. The standard InChI is InChI=1S/C32H39N3O2/c1-3-20-35(30-18-17-26-13-16-28(31(36)33-2)22-29(26)23-30)21-8-7-19-34-32(37)27-14-11-25(12-15-27)24-9-5-4-6-10-24/h4-6,9-16,22,30H,3,7-8,17-21,23H2,1-2H3,(H,33,36)(H,34,37)/t30-/m0/s1. The topological polar surface area (TPSA) is 61.4 Å². The zero-order valence-corrected chi connectivity index (χ0v) is 22.1. The molecule has 5 nitrogen and oxygen atoms in total. The lowest BCUT2D eigenvalue weighted by Gasteiger charge is -2.35. The molecule has 2 N–H and O–H groups in total. The second-order valence-electron chi connectivity index (χ2n) is 9.90. The molecule has 0 saturated heterocycles. The lowest BCUT2D eigenvalue weighted by molar-refractivity contribution is 0.0948. The third kappa shape index (κ3) is 7.07. The Morgan fingerprint density at radius 2 is 1.57 bits per heavy atom. The van der Waals surface area contributed by atoms with Crippen molar-refractivity contribution in [2.75, 3.05) is 26.7 Å². The normalized spacial score (nSPS) is 14.7. The van der Waals surface area contributed by atoms with E-state index in [0.717, 1.165) is 68.3 Å². The van der Waals surface area contributed by atoms with Gasteiger partial charge in [0.15, 0.2) is 0 Å². The Hall–Kier alpha value is -3.44. The Bertz CT molecular complexity index is 1170. The molecule has 3 aromatic carbocycles. The van der Waals surface area contributed by atoms with E-state index in [1.807, 2.05) is 48.5 Å². The molecule has 0 unspecified atom stereocenters. The van der Waals surface area contributed by atoms with Crippen molar-refractivity contribution in [1.82, 2.24) is 15.5 Å². The van der Waals surface area contributed by atoms with Crippen molar-refractivity contribution in [2.24, 2.45) is 0 Å². The van der Waals surface area contributed by atoms with Gasteiger partial charge in [0.1, 0.15) is 0 Å². The van der Waals surface area contributed by atoms with E-state index in [-0.39, 0.29) is 11.8 Å². The van der Waals surface area contributed by atoms with Gasteiger partial charge in [-0.1, -0.05) is 55.5 Å². The predicted octanol–water partition coefficient (Wildman–Crippen LogP) is 5.49. The third-order valence-corrected chi connectivity index (χ3v) is 7.34. The molecular formula is C32H39N3O2. The average molecular weight is 498 g/mol. The lowest BCUT2D eigenvalue weighted by Crippen LogP contribution is -2.40.